The topological polar surface area (TPSA) is 117 Å². The second-order valence-corrected chi connectivity index (χ2v) is 12.6. The molecule has 12 atom stereocenters. The zero-order valence-electron chi connectivity index (χ0n) is 21.1. The molecule has 4 fully saturated rings. The monoisotopic (exact) mass is 486 g/mol. The number of esters is 1. The molecule has 2 heterocycles. The van der Waals surface area contributed by atoms with E-state index in [2.05, 4.69) is 13.8 Å². The number of rotatable bonds is 3. The summed E-state index contributed by atoms with van der Waals surface area (Å²) in [5, 5.41) is 32.1. The third-order valence-electron chi connectivity index (χ3n) is 11.7. The van der Waals surface area contributed by atoms with E-state index in [0.717, 1.165) is 24.8 Å². The van der Waals surface area contributed by atoms with Gasteiger partial charge in [-0.2, -0.15) is 0 Å². The van der Waals surface area contributed by atoms with Gasteiger partial charge in [0, 0.05) is 6.42 Å². The van der Waals surface area contributed by atoms with Gasteiger partial charge in [-0.25, -0.2) is 4.79 Å². The van der Waals surface area contributed by atoms with Crippen molar-refractivity contribution in [3.63, 3.8) is 0 Å². The molecule has 7 heteroatoms. The van der Waals surface area contributed by atoms with Crippen LogP contribution in [0.4, 0.5) is 0 Å². The first kappa shape index (κ1) is 23.8. The highest BCUT2D eigenvalue weighted by Crippen LogP contribution is 2.73. The minimum atomic E-state index is -0.844. The average molecular weight is 487 g/mol. The minimum absolute atomic E-state index is 0.00906. The smallest absolute Gasteiger partial charge is 0.336 e. The van der Waals surface area contributed by atoms with Crippen LogP contribution in [0.5, 0.6) is 0 Å². The van der Waals surface area contributed by atoms with Gasteiger partial charge in [-0.05, 0) is 86.7 Å². The molecule has 0 aromatic heterocycles. The Bertz CT molecular complexity index is 1030. The molecule has 6 rings (SSSR count). The number of cyclic esters (lactones) is 1. The molecule has 3 saturated carbocycles. The number of fused-ring (bicyclic) bond motifs is 4. The number of aliphatic hydroxyl groups is 3. The molecule has 0 aromatic carbocycles. The lowest BCUT2D eigenvalue weighted by Crippen LogP contribution is -2.65. The number of carbonyl (C=O) groups is 2. The molecular weight excluding hydrogens is 448 g/mol. The highest BCUT2D eigenvalue weighted by atomic mass is 16.6. The van der Waals surface area contributed by atoms with Gasteiger partial charge in [-0.3, -0.25) is 4.79 Å². The van der Waals surface area contributed by atoms with E-state index in [1.54, 1.807) is 6.08 Å². The first-order valence-electron chi connectivity index (χ1n) is 13.3. The van der Waals surface area contributed by atoms with Crippen molar-refractivity contribution in [3.8, 4) is 0 Å². The van der Waals surface area contributed by atoms with E-state index in [1.165, 1.54) is 6.08 Å². The number of aliphatic hydroxyl groups excluding tert-OH is 3. The van der Waals surface area contributed by atoms with Crippen molar-refractivity contribution in [2.24, 2.45) is 40.4 Å². The Hall–Kier alpha value is -1.54. The minimum Gasteiger partial charge on any atom is -0.458 e. The van der Waals surface area contributed by atoms with Gasteiger partial charge in [0.2, 0.25) is 0 Å². The molecule has 6 aliphatic rings. The van der Waals surface area contributed by atoms with Crippen LogP contribution in [0.25, 0.3) is 0 Å². The second-order valence-electron chi connectivity index (χ2n) is 12.6. The van der Waals surface area contributed by atoms with Gasteiger partial charge >= 0.3 is 5.97 Å². The van der Waals surface area contributed by atoms with Crippen LogP contribution in [-0.4, -0.2) is 63.7 Å². The van der Waals surface area contributed by atoms with Gasteiger partial charge in [-0.15, -0.1) is 0 Å². The maximum absolute atomic E-state index is 13.3. The molecular formula is C28H38O7. The van der Waals surface area contributed by atoms with Crippen LogP contribution in [0.2, 0.25) is 0 Å². The third-order valence-corrected chi connectivity index (χ3v) is 11.7. The largest absolute Gasteiger partial charge is 0.458 e. The standard InChI is InChI=1S/C28H38O7/c1-13-9-20(34-25(33)16(13)12-29)14(2)17-5-6-18-15-10-24-28(35-24)22(31)8-7-21(30)27(28,4)19(15)11-23(32)26(17,18)3/h7-8,14-15,17-20,22-24,29,31-32H,5-6,9-12H2,1-4H3/t14?,15-,17+,18-,19-,20?,22-,23-,24+,26+,27-,28+/m0/s1. The molecule has 4 aliphatic carbocycles. The lowest BCUT2D eigenvalue weighted by atomic mass is 9.43. The van der Waals surface area contributed by atoms with Crippen LogP contribution in [0.1, 0.15) is 59.8 Å². The lowest BCUT2D eigenvalue weighted by molar-refractivity contribution is -0.175. The highest BCUT2D eigenvalue weighted by Gasteiger charge is 2.80. The number of ether oxygens (including phenoxy) is 2. The average Bonchev–Trinajstić information content (AvgIpc) is 3.44. The summed E-state index contributed by atoms with van der Waals surface area (Å²) < 4.78 is 12.0. The summed E-state index contributed by atoms with van der Waals surface area (Å²) in [6.07, 6.45) is 5.15. The van der Waals surface area contributed by atoms with Crippen molar-refractivity contribution in [1.82, 2.24) is 0 Å². The Kier molecular flexibility index (Phi) is 5.11. The predicted molar refractivity (Wildman–Crippen MR) is 126 cm³/mol. The lowest BCUT2D eigenvalue weighted by Gasteiger charge is -2.59. The van der Waals surface area contributed by atoms with Gasteiger partial charge in [0.15, 0.2) is 5.78 Å². The van der Waals surface area contributed by atoms with E-state index in [1.807, 2.05) is 13.8 Å². The third kappa shape index (κ3) is 2.76. The Balaban J connectivity index is 1.31. The van der Waals surface area contributed by atoms with Crippen molar-refractivity contribution >= 4 is 11.8 Å². The molecule has 3 N–H and O–H groups in total. The second kappa shape index (κ2) is 7.50. The first-order valence-corrected chi connectivity index (χ1v) is 13.3. The highest BCUT2D eigenvalue weighted by molar-refractivity contribution is 5.98. The van der Waals surface area contributed by atoms with E-state index in [-0.39, 0.29) is 59.6 Å². The van der Waals surface area contributed by atoms with E-state index in [9.17, 15) is 24.9 Å². The molecule has 35 heavy (non-hydrogen) atoms. The molecule has 2 unspecified atom stereocenters. The fourth-order valence-electron chi connectivity index (χ4n) is 9.65. The van der Waals surface area contributed by atoms with Crippen LogP contribution < -0.4 is 0 Å². The number of hydrogen-bond donors (Lipinski definition) is 3. The molecule has 0 aromatic rings. The SMILES string of the molecule is CC1=C(CO)C(=O)OC(C(C)[C@H]2CC[C@H]3[C@@H]4C[C@H]5O[C@]56[C@@H](O)C=CC(=O)[C@]6(C)[C@H]4C[C@H](O)[C@]23C)C1. The van der Waals surface area contributed by atoms with Crippen LogP contribution in [-0.2, 0) is 19.1 Å². The summed E-state index contributed by atoms with van der Waals surface area (Å²) in [6.45, 7) is 7.88. The van der Waals surface area contributed by atoms with Gasteiger partial charge in [0.05, 0.1) is 29.8 Å². The Morgan fingerprint density at radius 3 is 2.57 bits per heavy atom. The maximum atomic E-state index is 13.3. The summed E-state index contributed by atoms with van der Waals surface area (Å²) in [5.74, 6) is 0.258. The number of carbonyl (C=O) groups excluding carboxylic acids is 2. The van der Waals surface area contributed by atoms with Crippen molar-refractivity contribution in [3.05, 3.63) is 23.3 Å². The molecule has 192 valence electrons. The molecule has 0 radical (unpaired) electrons. The van der Waals surface area contributed by atoms with Crippen LogP contribution >= 0.6 is 0 Å². The van der Waals surface area contributed by atoms with Crippen LogP contribution in [0.15, 0.2) is 23.3 Å². The summed E-state index contributed by atoms with van der Waals surface area (Å²) in [6, 6.07) is 0. The molecule has 7 nitrogen and oxygen atoms in total. The summed E-state index contributed by atoms with van der Waals surface area (Å²) in [7, 11) is 0. The summed E-state index contributed by atoms with van der Waals surface area (Å²) >= 11 is 0. The Labute approximate surface area is 206 Å². The molecule has 1 spiro atoms. The Morgan fingerprint density at radius 1 is 1.14 bits per heavy atom. The zero-order chi connectivity index (χ0) is 25.1. The normalized spacial score (nSPS) is 53.3. The summed E-state index contributed by atoms with van der Waals surface area (Å²) in [5.41, 5.74) is -0.777. The van der Waals surface area contributed by atoms with Crippen LogP contribution in [0.3, 0.4) is 0 Å². The number of allylic oxidation sites excluding steroid dienone is 1. The van der Waals surface area contributed by atoms with Gasteiger partial charge in [0.1, 0.15) is 17.8 Å². The van der Waals surface area contributed by atoms with E-state index in [0.29, 0.717) is 18.4 Å². The molecule has 1 saturated heterocycles. The van der Waals surface area contributed by atoms with E-state index >= 15 is 0 Å². The van der Waals surface area contributed by atoms with Crippen molar-refractivity contribution < 1.29 is 34.4 Å². The molecule has 2 aliphatic heterocycles. The molecule has 0 bridgehead atoms. The number of epoxide rings is 1. The van der Waals surface area contributed by atoms with Gasteiger partial charge in [-0.1, -0.05) is 19.4 Å². The van der Waals surface area contributed by atoms with Gasteiger partial charge < -0.3 is 24.8 Å². The number of ketones is 1. The van der Waals surface area contributed by atoms with Crippen molar-refractivity contribution in [1.29, 1.82) is 0 Å². The van der Waals surface area contributed by atoms with E-state index < -0.39 is 29.2 Å². The van der Waals surface area contributed by atoms with Crippen LogP contribution in [0, 0.1) is 40.4 Å². The number of hydrogen-bond acceptors (Lipinski definition) is 7. The zero-order valence-corrected chi connectivity index (χ0v) is 21.1. The summed E-state index contributed by atoms with van der Waals surface area (Å²) in [4.78, 5) is 25.8. The van der Waals surface area contributed by atoms with E-state index in [4.69, 9.17) is 9.47 Å². The quantitative estimate of drug-likeness (QED) is 0.414. The fourth-order valence-corrected chi connectivity index (χ4v) is 9.65. The Morgan fingerprint density at radius 2 is 1.89 bits per heavy atom. The predicted octanol–water partition coefficient (Wildman–Crippen LogP) is 2.32. The fraction of sp³-hybridized carbons (Fsp3) is 0.786. The van der Waals surface area contributed by atoms with Crippen molar-refractivity contribution in [2.45, 2.75) is 89.8 Å². The molecule has 0 amide bonds. The maximum Gasteiger partial charge on any atom is 0.336 e. The van der Waals surface area contributed by atoms with Gasteiger partial charge in [0.25, 0.3) is 0 Å². The van der Waals surface area contributed by atoms with Crippen molar-refractivity contribution in [2.75, 3.05) is 6.61 Å². The first-order chi connectivity index (χ1) is 16.5.